The summed E-state index contributed by atoms with van der Waals surface area (Å²) in [5, 5.41) is 0. The molecule has 1 fully saturated rings. The van der Waals surface area contributed by atoms with Crippen LogP contribution in [0.4, 0.5) is 0 Å². The average Bonchev–Trinajstić information content (AvgIpc) is 3.08. The van der Waals surface area contributed by atoms with Gasteiger partial charge in [0.1, 0.15) is 11.3 Å². The molecule has 6 nitrogen and oxygen atoms in total. The summed E-state index contributed by atoms with van der Waals surface area (Å²) in [6, 6.07) is 14.2. The van der Waals surface area contributed by atoms with E-state index in [9.17, 15) is 8.42 Å². The second kappa shape index (κ2) is 6.81. The minimum atomic E-state index is -3.13. The number of sulfonamides is 1. The minimum absolute atomic E-state index is 0.155. The summed E-state index contributed by atoms with van der Waals surface area (Å²) in [6.45, 7) is 2.78. The van der Waals surface area contributed by atoms with E-state index in [1.165, 1.54) is 0 Å². The van der Waals surface area contributed by atoms with Crippen molar-refractivity contribution < 1.29 is 8.42 Å². The Hall–Kier alpha value is -2.25. The highest BCUT2D eigenvalue weighted by molar-refractivity contribution is 7.89. The molecule has 136 valence electrons. The Kier molecular flexibility index (Phi) is 4.50. The van der Waals surface area contributed by atoms with Crippen LogP contribution in [0.25, 0.3) is 22.6 Å². The molecule has 0 N–H and O–H groups in total. The molecule has 26 heavy (non-hydrogen) atoms. The van der Waals surface area contributed by atoms with Gasteiger partial charge in [-0.25, -0.2) is 22.7 Å². The molecular weight excluding hydrogens is 348 g/mol. The first kappa shape index (κ1) is 17.2. The first-order valence-electron chi connectivity index (χ1n) is 8.96. The third-order valence-electron chi connectivity index (χ3n) is 5.03. The van der Waals surface area contributed by atoms with Crippen molar-refractivity contribution in [1.82, 2.24) is 18.8 Å². The summed E-state index contributed by atoms with van der Waals surface area (Å²) in [5.41, 5.74) is 2.78. The number of benzene rings is 1. The number of aromatic nitrogens is 3. The summed E-state index contributed by atoms with van der Waals surface area (Å²) in [5.74, 6) is 1.05. The predicted molar refractivity (Wildman–Crippen MR) is 102 cm³/mol. The lowest BCUT2D eigenvalue weighted by atomic mass is 10.1. The summed E-state index contributed by atoms with van der Waals surface area (Å²) in [6.07, 6.45) is 3.31. The highest BCUT2D eigenvalue weighted by Gasteiger charge is 2.30. The van der Waals surface area contributed by atoms with E-state index in [-0.39, 0.29) is 11.8 Å². The molecule has 1 aromatic carbocycles. The summed E-state index contributed by atoms with van der Waals surface area (Å²) >= 11 is 0. The van der Waals surface area contributed by atoms with Crippen molar-refractivity contribution in [3.63, 3.8) is 0 Å². The van der Waals surface area contributed by atoms with Crippen LogP contribution in [0.2, 0.25) is 0 Å². The molecule has 7 heteroatoms. The summed E-state index contributed by atoms with van der Waals surface area (Å²) in [4.78, 5) is 9.37. The van der Waals surface area contributed by atoms with Crippen LogP contribution in [0.5, 0.6) is 0 Å². The maximum absolute atomic E-state index is 12.1. The standard InChI is InChI=1S/C19H22N4O2S/c1-2-26(24,25)22-13-10-16(11-14-22)23-18(15-7-4-3-5-8-15)21-17-9-6-12-20-19(17)23/h3-9,12,16H,2,10-11,13-14H2,1H3. The van der Waals surface area contributed by atoms with E-state index in [0.29, 0.717) is 13.1 Å². The molecule has 3 aromatic rings. The van der Waals surface area contributed by atoms with Crippen molar-refractivity contribution in [2.24, 2.45) is 0 Å². The molecule has 1 aliphatic rings. The van der Waals surface area contributed by atoms with E-state index < -0.39 is 10.0 Å². The van der Waals surface area contributed by atoms with Gasteiger partial charge in [-0.05, 0) is 31.9 Å². The molecular formula is C19H22N4O2S. The van der Waals surface area contributed by atoms with Crippen LogP contribution in [0.3, 0.4) is 0 Å². The Morgan fingerprint density at radius 3 is 2.50 bits per heavy atom. The monoisotopic (exact) mass is 370 g/mol. The number of hydrogen-bond acceptors (Lipinski definition) is 4. The molecule has 3 heterocycles. The summed E-state index contributed by atoms with van der Waals surface area (Å²) < 4.78 is 28.1. The van der Waals surface area contributed by atoms with Gasteiger partial charge in [-0.2, -0.15) is 0 Å². The van der Waals surface area contributed by atoms with Crippen LogP contribution < -0.4 is 0 Å². The second-order valence-electron chi connectivity index (χ2n) is 6.55. The molecule has 0 saturated carbocycles. The maximum Gasteiger partial charge on any atom is 0.213 e. The normalized spacial score (nSPS) is 17.0. The zero-order valence-electron chi connectivity index (χ0n) is 14.7. The van der Waals surface area contributed by atoms with Crippen molar-refractivity contribution in [2.75, 3.05) is 18.8 Å². The lowest BCUT2D eigenvalue weighted by Crippen LogP contribution is -2.39. The molecule has 1 saturated heterocycles. The molecule has 4 rings (SSSR count). The molecule has 1 aliphatic heterocycles. The number of hydrogen-bond donors (Lipinski definition) is 0. The Labute approximate surface area is 153 Å². The van der Waals surface area contributed by atoms with Crippen molar-refractivity contribution in [3.05, 3.63) is 48.7 Å². The zero-order valence-corrected chi connectivity index (χ0v) is 15.6. The highest BCUT2D eigenvalue weighted by Crippen LogP contribution is 2.33. The second-order valence-corrected chi connectivity index (χ2v) is 8.81. The predicted octanol–water partition coefficient (Wildman–Crippen LogP) is 3.08. The molecule has 0 atom stereocenters. The van der Waals surface area contributed by atoms with Gasteiger partial charge in [0, 0.05) is 30.9 Å². The van der Waals surface area contributed by atoms with Crippen LogP contribution in [0.15, 0.2) is 48.7 Å². The zero-order chi connectivity index (χ0) is 18.1. The summed E-state index contributed by atoms with van der Waals surface area (Å²) in [7, 11) is -3.13. The number of rotatable bonds is 4. The van der Waals surface area contributed by atoms with Gasteiger partial charge < -0.3 is 4.57 Å². The fourth-order valence-electron chi connectivity index (χ4n) is 3.63. The van der Waals surface area contributed by atoms with Gasteiger partial charge in [0.2, 0.25) is 10.0 Å². The van der Waals surface area contributed by atoms with E-state index >= 15 is 0 Å². The SMILES string of the molecule is CCS(=O)(=O)N1CCC(n2c(-c3ccccc3)nc3cccnc32)CC1. The molecule has 0 amide bonds. The van der Waals surface area contributed by atoms with Crippen LogP contribution in [0.1, 0.15) is 25.8 Å². The Morgan fingerprint density at radius 1 is 1.08 bits per heavy atom. The fourth-order valence-corrected chi connectivity index (χ4v) is 4.76. The molecule has 0 radical (unpaired) electrons. The minimum Gasteiger partial charge on any atom is -0.305 e. The van der Waals surface area contributed by atoms with Gasteiger partial charge in [0.05, 0.1) is 5.75 Å². The van der Waals surface area contributed by atoms with Crippen molar-refractivity contribution in [1.29, 1.82) is 0 Å². The Bertz CT molecular complexity index is 1010. The number of imidazole rings is 1. The number of pyridine rings is 1. The molecule has 0 aliphatic carbocycles. The van der Waals surface area contributed by atoms with Crippen LogP contribution >= 0.6 is 0 Å². The van der Waals surface area contributed by atoms with Crippen molar-refractivity contribution in [3.8, 4) is 11.4 Å². The Morgan fingerprint density at radius 2 is 1.81 bits per heavy atom. The van der Waals surface area contributed by atoms with Crippen LogP contribution in [-0.4, -0.2) is 46.1 Å². The van der Waals surface area contributed by atoms with Gasteiger partial charge in [-0.1, -0.05) is 30.3 Å². The third-order valence-corrected chi connectivity index (χ3v) is 6.91. The fraction of sp³-hybridized carbons (Fsp3) is 0.368. The quantitative estimate of drug-likeness (QED) is 0.708. The number of fused-ring (bicyclic) bond motifs is 1. The van der Waals surface area contributed by atoms with E-state index in [0.717, 1.165) is 35.4 Å². The van der Waals surface area contributed by atoms with Crippen molar-refractivity contribution >= 4 is 21.2 Å². The molecule has 2 aromatic heterocycles. The third kappa shape index (κ3) is 3.01. The average molecular weight is 370 g/mol. The molecule has 0 bridgehead atoms. The lowest BCUT2D eigenvalue weighted by Gasteiger charge is -2.32. The van der Waals surface area contributed by atoms with E-state index in [1.807, 2.05) is 42.5 Å². The van der Waals surface area contributed by atoms with E-state index in [2.05, 4.69) is 9.55 Å². The topological polar surface area (TPSA) is 68.1 Å². The first-order chi connectivity index (χ1) is 12.6. The number of nitrogens with zero attached hydrogens (tertiary/aromatic N) is 4. The van der Waals surface area contributed by atoms with Crippen LogP contribution in [0, 0.1) is 0 Å². The first-order valence-corrected chi connectivity index (χ1v) is 10.6. The van der Waals surface area contributed by atoms with E-state index in [1.54, 1.807) is 17.4 Å². The Balaban J connectivity index is 1.73. The lowest BCUT2D eigenvalue weighted by molar-refractivity contribution is 0.278. The van der Waals surface area contributed by atoms with Gasteiger partial charge in [0.25, 0.3) is 0 Å². The van der Waals surface area contributed by atoms with Gasteiger partial charge in [0.15, 0.2) is 5.65 Å². The largest absolute Gasteiger partial charge is 0.305 e. The van der Waals surface area contributed by atoms with Gasteiger partial charge >= 0.3 is 0 Å². The van der Waals surface area contributed by atoms with Gasteiger partial charge in [-0.3, -0.25) is 0 Å². The van der Waals surface area contributed by atoms with Crippen LogP contribution in [-0.2, 0) is 10.0 Å². The molecule has 0 spiro atoms. The van der Waals surface area contributed by atoms with Crippen molar-refractivity contribution in [2.45, 2.75) is 25.8 Å². The van der Waals surface area contributed by atoms with Gasteiger partial charge in [-0.15, -0.1) is 0 Å². The smallest absolute Gasteiger partial charge is 0.213 e. The maximum atomic E-state index is 12.1. The highest BCUT2D eigenvalue weighted by atomic mass is 32.2. The number of piperidine rings is 1. The molecule has 0 unspecified atom stereocenters. The van der Waals surface area contributed by atoms with E-state index in [4.69, 9.17) is 4.98 Å².